The molecule has 1 aromatic rings. The quantitative estimate of drug-likeness (QED) is 0.911. The Labute approximate surface area is 119 Å². The summed E-state index contributed by atoms with van der Waals surface area (Å²) in [6.45, 7) is 2.29. The number of thioether (sulfide) groups is 1. The van der Waals surface area contributed by atoms with Crippen LogP contribution < -0.4 is 5.73 Å². The summed E-state index contributed by atoms with van der Waals surface area (Å²) in [6, 6.07) is 0. The third kappa shape index (κ3) is 2.73. The van der Waals surface area contributed by atoms with Crippen LogP contribution >= 0.6 is 11.8 Å². The molecule has 0 unspecified atom stereocenters. The molecule has 2 heterocycles. The van der Waals surface area contributed by atoms with E-state index in [0.717, 1.165) is 29.1 Å². The molecule has 104 valence electrons. The van der Waals surface area contributed by atoms with Crippen LogP contribution in [0.15, 0.2) is 0 Å². The fourth-order valence-corrected chi connectivity index (χ4v) is 4.45. The van der Waals surface area contributed by atoms with Gasteiger partial charge in [-0.3, -0.25) is 0 Å². The Morgan fingerprint density at radius 1 is 1.16 bits per heavy atom. The van der Waals surface area contributed by atoms with Crippen LogP contribution in [0.5, 0.6) is 0 Å². The molecule has 1 aromatic heterocycles. The zero-order chi connectivity index (χ0) is 13.2. The summed E-state index contributed by atoms with van der Waals surface area (Å²) in [5.74, 6) is 5.24. The highest BCUT2D eigenvalue weighted by molar-refractivity contribution is 7.98. The van der Waals surface area contributed by atoms with Gasteiger partial charge >= 0.3 is 0 Å². The van der Waals surface area contributed by atoms with Crippen molar-refractivity contribution < 1.29 is 0 Å². The van der Waals surface area contributed by atoms with Crippen molar-refractivity contribution in [1.29, 1.82) is 0 Å². The summed E-state index contributed by atoms with van der Waals surface area (Å²) in [4.78, 5) is 9.39. The van der Waals surface area contributed by atoms with Crippen molar-refractivity contribution in [2.45, 2.75) is 62.9 Å². The fraction of sp³-hybridized carbons (Fsp3) is 0.733. The molecule has 0 aromatic carbocycles. The zero-order valence-electron chi connectivity index (χ0n) is 11.7. The second kappa shape index (κ2) is 5.70. The lowest BCUT2D eigenvalue weighted by atomic mass is 9.79. The second-order valence-electron chi connectivity index (χ2n) is 5.89. The average molecular weight is 277 g/mol. The Bertz CT molecular complexity index is 453. The zero-order valence-corrected chi connectivity index (χ0v) is 12.5. The number of hydrogen-bond acceptors (Lipinski definition) is 4. The normalized spacial score (nSPS) is 26.4. The van der Waals surface area contributed by atoms with Crippen LogP contribution in [0.1, 0.15) is 68.4 Å². The van der Waals surface area contributed by atoms with Crippen molar-refractivity contribution in [2.24, 2.45) is 5.92 Å². The maximum absolute atomic E-state index is 6.09. The monoisotopic (exact) mass is 277 g/mol. The number of nitrogen functional groups attached to an aromatic ring is 1. The van der Waals surface area contributed by atoms with Gasteiger partial charge in [-0.15, -0.1) is 0 Å². The summed E-state index contributed by atoms with van der Waals surface area (Å²) in [6.07, 6.45) is 7.87. The lowest BCUT2D eigenvalue weighted by Gasteiger charge is -2.27. The van der Waals surface area contributed by atoms with Crippen molar-refractivity contribution in [2.75, 3.05) is 5.73 Å². The smallest absolute Gasteiger partial charge is 0.134 e. The minimum absolute atomic E-state index is 0.548. The molecule has 2 N–H and O–H groups in total. The molecule has 0 spiro atoms. The molecule has 19 heavy (non-hydrogen) atoms. The highest BCUT2D eigenvalue weighted by atomic mass is 32.2. The topological polar surface area (TPSA) is 51.8 Å². The Hall–Kier alpha value is -0.770. The van der Waals surface area contributed by atoms with Gasteiger partial charge in [-0.2, -0.15) is 11.8 Å². The van der Waals surface area contributed by atoms with E-state index in [9.17, 15) is 0 Å². The van der Waals surface area contributed by atoms with Crippen LogP contribution in [-0.4, -0.2) is 9.97 Å². The van der Waals surface area contributed by atoms with Crippen molar-refractivity contribution in [3.05, 3.63) is 17.1 Å². The molecule has 2 aliphatic rings. The Morgan fingerprint density at radius 3 is 2.68 bits per heavy atom. The predicted molar refractivity (Wildman–Crippen MR) is 81.1 cm³/mol. The predicted octanol–water partition coefficient (Wildman–Crippen LogP) is 3.88. The maximum Gasteiger partial charge on any atom is 0.134 e. The lowest BCUT2D eigenvalue weighted by molar-refractivity contribution is 0.302. The Morgan fingerprint density at radius 2 is 1.95 bits per heavy atom. The number of nitrogens with zero attached hydrogens (tertiary/aromatic N) is 2. The molecule has 1 aliphatic heterocycles. The number of anilines is 1. The van der Waals surface area contributed by atoms with Crippen molar-refractivity contribution in [1.82, 2.24) is 9.97 Å². The summed E-state index contributed by atoms with van der Waals surface area (Å²) >= 11 is 1.90. The third-order valence-corrected chi connectivity index (χ3v) is 5.51. The Kier molecular flexibility index (Phi) is 3.96. The largest absolute Gasteiger partial charge is 0.383 e. The number of rotatable bonds is 3. The molecule has 1 saturated carbocycles. The SMILES string of the molecule is CCCC1CCC(c2nc(N)c3c(n2)CSC3)CC1. The number of fused-ring (bicyclic) bond motifs is 1. The van der Waals surface area contributed by atoms with E-state index in [1.165, 1.54) is 49.8 Å². The summed E-state index contributed by atoms with van der Waals surface area (Å²) in [5.41, 5.74) is 8.48. The molecule has 3 rings (SSSR count). The highest BCUT2D eigenvalue weighted by Crippen LogP contribution is 2.38. The standard InChI is InChI=1S/C15H23N3S/c1-2-3-10-4-6-11(7-5-10)15-17-13-9-19-8-12(13)14(16)18-15/h10-11H,2-9H2,1H3,(H2,16,17,18). The van der Waals surface area contributed by atoms with Gasteiger partial charge in [0.2, 0.25) is 0 Å². The number of hydrogen-bond donors (Lipinski definition) is 1. The molecule has 1 aliphatic carbocycles. The van der Waals surface area contributed by atoms with E-state index in [4.69, 9.17) is 10.7 Å². The van der Waals surface area contributed by atoms with E-state index in [-0.39, 0.29) is 0 Å². The van der Waals surface area contributed by atoms with Gasteiger partial charge < -0.3 is 5.73 Å². The Balaban J connectivity index is 1.72. The van der Waals surface area contributed by atoms with Crippen LogP contribution in [0.25, 0.3) is 0 Å². The summed E-state index contributed by atoms with van der Waals surface area (Å²) in [5, 5.41) is 0. The first kappa shape index (κ1) is 13.2. The van der Waals surface area contributed by atoms with Crippen LogP contribution in [0.4, 0.5) is 5.82 Å². The third-order valence-electron chi connectivity index (χ3n) is 4.54. The minimum atomic E-state index is 0.548. The van der Waals surface area contributed by atoms with E-state index in [0.29, 0.717) is 5.92 Å². The van der Waals surface area contributed by atoms with E-state index in [1.54, 1.807) is 0 Å². The van der Waals surface area contributed by atoms with Gasteiger partial charge in [-0.1, -0.05) is 19.8 Å². The first-order valence-corrected chi connectivity index (χ1v) is 8.66. The van der Waals surface area contributed by atoms with E-state index in [1.807, 2.05) is 11.8 Å². The van der Waals surface area contributed by atoms with Crippen LogP contribution in [0, 0.1) is 5.92 Å². The van der Waals surface area contributed by atoms with E-state index >= 15 is 0 Å². The molecule has 3 nitrogen and oxygen atoms in total. The number of aromatic nitrogens is 2. The van der Waals surface area contributed by atoms with Crippen LogP contribution in [0.3, 0.4) is 0 Å². The molecule has 0 bridgehead atoms. The molecular formula is C15H23N3S. The molecule has 0 radical (unpaired) electrons. The van der Waals surface area contributed by atoms with Gasteiger partial charge in [0.25, 0.3) is 0 Å². The molecule has 0 amide bonds. The molecule has 1 fully saturated rings. The molecule has 4 heteroatoms. The van der Waals surface area contributed by atoms with E-state index < -0.39 is 0 Å². The number of nitrogens with two attached hydrogens (primary N) is 1. The fourth-order valence-electron chi connectivity index (χ4n) is 3.40. The first-order chi connectivity index (χ1) is 9.28. The van der Waals surface area contributed by atoms with Gasteiger partial charge in [-0.05, 0) is 31.6 Å². The second-order valence-corrected chi connectivity index (χ2v) is 6.88. The molecular weight excluding hydrogens is 254 g/mol. The lowest BCUT2D eigenvalue weighted by Crippen LogP contribution is -2.17. The summed E-state index contributed by atoms with van der Waals surface area (Å²) < 4.78 is 0. The molecule has 0 saturated heterocycles. The van der Waals surface area contributed by atoms with Crippen molar-refractivity contribution in [3.63, 3.8) is 0 Å². The van der Waals surface area contributed by atoms with Gasteiger partial charge in [0.1, 0.15) is 11.6 Å². The highest BCUT2D eigenvalue weighted by Gasteiger charge is 2.26. The van der Waals surface area contributed by atoms with Crippen molar-refractivity contribution in [3.8, 4) is 0 Å². The van der Waals surface area contributed by atoms with Crippen LogP contribution in [-0.2, 0) is 11.5 Å². The maximum atomic E-state index is 6.09. The van der Waals surface area contributed by atoms with Gasteiger partial charge in [0.05, 0.1) is 5.69 Å². The van der Waals surface area contributed by atoms with Gasteiger partial charge in [0.15, 0.2) is 0 Å². The van der Waals surface area contributed by atoms with Gasteiger partial charge in [-0.25, -0.2) is 9.97 Å². The van der Waals surface area contributed by atoms with Crippen LogP contribution in [0.2, 0.25) is 0 Å². The molecule has 0 atom stereocenters. The van der Waals surface area contributed by atoms with Crippen molar-refractivity contribution >= 4 is 17.6 Å². The van der Waals surface area contributed by atoms with E-state index in [2.05, 4.69) is 11.9 Å². The minimum Gasteiger partial charge on any atom is -0.383 e. The van der Waals surface area contributed by atoms with Gasteiger partial charge in [0, 0.05) is 23.0 Å². The first-order valence-electron chi connectivity index (χ1n) is 7.50. The average Bonchev–Trinajstić information content (AvgIpc) is 2.89. The summed E-state index contributed by atoms with van der Waals surface area (Å²) in [7, 11) is 0.